The minimum absolute atomic E-state index is 0.0642. The first-order chi connectivity index (χ1) is 11.5. The first kappa shape index (κ1) is 16.0. The topological polar surface area (TPSA) is 74.3 Å². The molecule has 2 N–H and O–H groups in total. The van der Waals surface area contributed by atoms with Crippen LogP contribution in [0, 0.1) is 13.8 Å². The molecule has 1 aliphatic rings. The van der Waals surface area contributed by atoms with Crippen molar-refractivity contribution >= 4 is 23.4 Å². The predicted molar refractivity (Wildman–Crippen MR) is 93.2 cm³/mol. The number of aromatic nitrogens is 1. The summed E-state index contributed by atoms with van der Waals surface area (Å²) in [6.45, 7) is 4.65. The molecule has 6 nitrogen and oxygen atoms in total. The van der Waals surface area contributed by atoms with Crippen LogP contribution in [0.2, 0.25) is 0 Å². The van der Waals surface area contributed by atoms with Gasteiger partial charge in [0.15, 0.2) is 0 Å². The lowest BCUT2D eigenvalue weighted by molar-refractivity contribution is -0.117. The van der Waals surface area contributed by atoms with E-state index in [1.807, 2.05) is 50.2 Å². The molecule has 0 radical (unpaired) electrons. The van der Waals surface area contributed by atoms with Crippen LogP contribution in [-0.2, 0) is 11.2 Å². The number of hydrogen-bond acceptors (Lipinski definition) is 3. The lowest BCUT2D eigenvalue weighted by atomic mass is 10.2. The molecule has 0 spiro atoms. The Morgan fingerprint density at radius 3 is 2.83 bits per heavy atom. The van der Waals surface area contributed by atoms with Gasteiger partial charge in [-0.05, 0) is 43.2 Å². The second-order valence-corrected chi connectivity index (χ2v) is 5.90. The minimum Gasteiger partial charge on any atom is -0.336 e. The van der Waals surface area contributed by atoms with Crippen molar-refractivity contribution < 1.29 is 9.59 Å². The number of pyridine rings is 1. The fourth-order valence-electron chi connectivity index (χ4n) is 2.91. The van der Waals surface area contributed by atoms with Crippen molar-refractivity contribution in [2.75, 3.05) is 23.3 Å². The maximum absolute atomic E-state index is 12.1. The molecule has 0 saturated heterocycles. The van der Waals surface area contributed by atoms with Crippen molar-refractivity contribution in [2.45, 2.75) is 20.3 Å². The van der Waals surface area contributed by atoms with Gasteiger partial charge >= 0.3 is 6.03 Å². The zero-order chi connectivity index (χ0) is 17.1. The highest BCUT2D eigenvalue weighted by Crippen LogP contribution is 2.27. The number of fused-ring (bicyclic) bond motifs is 1. The van der Waals surface area contributed by atoms with E-state index >= 15 is 0 Å². The zero-order valence-electron chi connectivity index (χ0n) is 13.8. The summed E-state index contributed by atoms with van der Waals surface area (Å²) in [6, 6.07) is 11.2. The quantitative estimate of drug-likeness (QED) is 0.907. The Morgan fingerprint density at radius 2 is 2.04 bits per heavy atom. The first-order valence-corrected chi connectivity index (χ1v) is 7.91. The van der Waals surface area contributed by atoms with Crippen LogP contribution in [0.15, 0.2) is 36.4 Å². The van der Waals surface area contributed by atoms with Gasteiger partial charge in [-0.15, -0.1) is 0 Å². The lowest BCUT2D eigenvalue weighted by Crippen LogP contribution is -2.38. The molecule has 3 amide bonds. The minimum atomic E-state index is -0.326. The predicted octanol–water partition coefficient (Wildman–Crippen LogP) is 2.41. The SMILES string of the molecule is Cc1cc(C)nc(NC(=O)NCCN2C(=O)Cc3ccccc32)c1. The fourth-order valence-corrected chi connectivity index (χ4v) is 2.91. The Kier molecular flexibility index (Phi) is 4.46. The van der Waals surface area contributed by atoms with E-state index < -0.39 is 0 Å². The van der Waals surface area contributed by atoms with E-state index in [1.165, 1.54) is 0 Å². The Bertz CT molecular complexity index is 768. The maximum atomic E-state index is 12.1. The number of hydrogen-bond donors (Lipinski definition) is 2. The molecule has 2 heterocycles. The number of carbonyl (C=O) groups excluding carboxylic acids is 2. The summed E-state index contributed by atoms with van der Waals surface area (Å²) in [5, 5.41) is 5.48. The van der Waals surface area contributed by atoms with Crippen molar-refractivity contribution in [3.05, 3.63) is 53.2 Å². The summed E-state index contributed by atoms with van der Waals surface area (Å²) in [5.74, 6) is 0.585. The number of rotatable bonds is 4. The molecule has 0 saturated carbocycles. The van der Waals surface area contributed by atoms with Crippen LogP contribution in [0.3, 0.4) is 0 Å². The molecule has 0 aliphatic carbocycles. The van der Waals surface area contributed by atoms with Crippen molar-refractivity contribution in [2.24, 2.45) is 0 Å². The van der Waals surface area contributed by atoms with Gasteiger partial charge in [-0.2, -0.15) is 0 Å². The van der Waals surface area contributed by atoms with Gasteiger partial charge in [0.2, 0.25) is 5.91 Å². The number of urea groups is 1. The molecular formula is C18H20N4O2. The van der Waals surface area contributed by atoms with Crippen LogP contribution >= 0.6 is 0 Å². The van der Waals surface area contributed by atoms with E-state index in [4.69, 9.17) is 0 Å². The summed E-state index contributed by atoms with van der Waals surface area (Å²) in [5.41, 5.74) is 3.86. The third-order valence-corrected chi connectivity index (χ3v) is 3.89. The fraction of sp³-hybridized carbons (Fsp3) is 0.278. The standard InChI is InChI=1S/C18H20N4O2/c1-12-9-13(2)20-16(10-12)21-18(24)19-7-8-22-15-6-4-3-5-14(15)11-17(22)23/h3-6,9-10H,7-8,11H2,1-2H3,(H2,19,20,21,24). The summed E-state index contributed by atoms with van der Waals surface area (Å²) >= 11 is 0. The number of nitrogens with zero attached hydrogens (tertiary/aromatic N) is 2. The summed E-state index contributed by atoms with van der Waals surface area (Å²) < 4.78 is 0. The summed E-state index contributed by atoms with van der Waals surface area (Å²) in [6.07, 6.45) is 0.425. The highest BCUT2D eigenvalue weighted by molar-refractivity contribution is 6.01. The van der Waals surface area contributed by atoms with Crippen LogP contribution < -0.4 is 15.5 Å². The highest BCUT2D eigenvalue weighted by atomic mass is 16.2. The number of benzene rings is 1. The average Bonchev–Trinajstić information content (AvgIpc) is 2.82. The van der Waals surface area contributed by atoms with Crippen molar-refractivity contribution in [3.8, 4) is 0 Å². The number of carbonyl (C=O) groups is 2. The Morgan fingerprint density at radius 1 is 1.25 bits per heavy atom. The summed E-state index contributed by atoms with van der Waals surface area (Å²) in [7, 11) is 0. The van der Waals surface area contributed by atoms with E-state index in [2.05, 4.69) is 15.6 Å². The molecule has 2 aromatic rings. The summed E-state index contributed by atoms with van der Waals surface area (Å²) in [4.78, 5) is 30.0. The molecule has 6 heteroatoms. The number of amides is 3. The van der Waals surface area contributed by atoms with Gasteiger partial charge in [-0.3, -0.25) is 10.1 Å². The van der Waals surface area contributed by atoms with Gasteiger partial charge in [0.1, 0.15) is 5.82 Å². The van der Waals surface area contributed by atoms with E-state index in [1.54, 1.807) is 4.90 Å². The van der Waals surface area contributed by atoms with E-state index in [9.17, 15) is 9.59 Å². The Hall–Kier alpha value is -2.89. The second kappa shape index (κ2) is 6.70. The van der Waals surface area contributed by atoms with Gasteiger partial charge in [-0.25, -0.2) is 9.78 Å². The molecule has 124 valence electrons. The molecule has 1 aromatic heterocycles. The number of aryl methyl sites for hydroxylation is 2. The van der Waals surface area contributed by atoms with Crippen molar-refractivity contribution in [1.82, 2.24) is 10.3 Å². The molecule has 0 bridgehead atoms. The number of nitrogens with one attached hydrogen (secondary N) is 2. The number of para-hydroxylation sites is 1. The van der Waals surface area contributed by atoms with Gasteiger partial charge in [0.05, 0.1) is 6.42 Å². The van der Waals surface area contributed by atoms with Gasteiger partial charge < -0.3 is 10.2 Å². The normalized spacial score (nSPS) is 12.9. The van der Waals surface area contributed by atoms with Gasteiger partial charge in [0.25, 0.3) is 0 Å². The highest BCUT2D eigenvalue weighted by Gasteiger charge is 2.26. The van der Waals surface area contributed by atoms with Gasteiger partial charge in [-0.1, -0.05) is 18.2 Å². The molecule has 24 heavy (non-hydrogen) atoms. The monoisotopic (exact) mass is 324 g/mol. The van der Waals surface area contributed by atoms with E-state index in [-0.39, 0.29) is 11.9 Å². The molecule has 1 aliphatic heterocycles. The first-order valence-electron chi connectivity index (χ1n) is 7.91. The maximum Gasteiger partial charge on any atom is 0.320 e. The van der Waals surface area contributed by atoms with E-state index in [0.29, 0.717) is 25.3 Å². The van der Waals surface area contributed by atoms with Gasteiger partial charge in [0, 0.05) is 24.5 Å². The molecule has 0 fully saturated rings. The van der Waals surface area contributed by atoms with Crippen LogP contribution in [0.4, 0.5) is 16.3 Å². The largest absolute Gasteiger partial charge is 0.336 e. The molecule has 1 aromatic carbocycles. The average molecular weight is 324 g/mol. The molecule has 0 unspecified atom stereocenters. The van der Waals surface area contributed by atoms with E-state index in [0.717, 1.165) is 22.5 Å². The zero-order valence-corrected chi connectivity index (χ0v) is 13.8. The van der Waals surface area contributed by atoms with Crippen molar-refractivity contribution in [3.63, 3.8) is 0 Å². The smallest absolute Gasteiger partial charge is 0.320 e. The van der Waals surface area contributed by atoms with Crippen molar-refractivity contribution in [1.29, 1.82) is 0 Å². The van der Waals surface area contributed by atoms with Crippen LogP contribution in [0.5, 0.6) is 0 Å². The molecule has 0 atom stereocenters. The van der Waals surface area contributed by atoms with Crippen LogP contribution in [-0.4, -0.2) is 30.0 Å². The lowest BCUT2D eigenvalue weighted by Gasteiger charge is -2.17. The Labute approximate surface area is 140 Å². The van der Waals surface area contributed by atoms with Crippen LogP contribution in [0.1, 0.15) is 16.8 Å². The third kappa shape index (κ3) is 3.53. The molecular weight excluding hydrogens is 304 g/mol. The second-order valence-electron chi connectivity index (χ2n) is 5.90. The molecule has 3 rings (SSSR count). The van der Waals surface area contributed by atoms with Crippen LogP contribution in [0.25, 0.3) is 0 Å². The third-order valence-electron chi connectivity index (χ3n) is 3.89. The Balaban J connectivity index is 1.53. The number of anilines is 2.